The van der Waals surface area contributed by atoms with Crippen LogP contribution in [0.4, 0.5) is 5.69 Å². The van der Waals surface area contributed by atoms with Crippen LogP contribution in [0.25, 0.3) is 11.1 Å². The van der Waals surface area contributed by atoms with Crippen molar-refractivity contribution in [2.24, 2.45) is 5.73 Å². The van der Waals surface area contributed by atoms with Crippen LogP contribution in [0.1, 0.15) is 10.4 Å². The van der Waals surface area contributed by atoms with E-state index in [-0.39, 0.29) is 10.6 Å². The molecule has 1 amide bonds. The number of nitro benzene ring substituents is 1. The van der Waals surface area contributed by atoms with Crippen LogP contribution in [0.5, 0.6) is 5.75 Å². The predicted octanol–water partition coefficient (Wildman–Crippen LogP) is 2.72. The Balaban J connectivity index is 2.57. The van der Waals surface area contributed by atoms with Crippen LogP contribution >= 0.6 is 11.6 Å². The number of primary amides is 1. The number of nitro groups is 1. The van der Waals surface area contributed by atoms with Gasteiger partial charge in [0.2, 0.25) is 5.91 Å². The van der Waals surface area contributed by atoms with Gasteiger partial charge < -0.3 is 10.8 Å². The number of nitrogens with zero attached hydrogens (tertiary/aromatic N) is 1. The molecule has 102 valence electrons. The maximum atomic E-state index is 11.2. The van der Waals surface area contributed by atoms with Crippen LogP contribution in [0.3, 0.4) is 0 Å². The molecular weight excluding hydrogens is 284 g/mol. The van der Waals surface area contributed by atoms with Crippen molar-refractivity contribution in [1.82, 2.24) is 0 Å². The highest BCUT2D eigenvalue weighted by Gasteiger charge is 2.15. The lowest BCUT2D eigenvalue weighted by atomic mass is 10.0. The molecule has 0 aliphatic carbocycles. The summed E-state index contributed by atoms with van der Waals surface area (Å²) in [5, 5.41) is 20.4. The summed E-state index contributed by atoms with van der Waals surface area (Å²) in [5.41, 5.74) is 5.90. The van der Waals surface area contributed by atoms with Crippen LogP contribution in [-0.4, -0.2) is 15.9 Å². The minimum absolute atomic E-state index is 0.125. The van der Waals surface area contributed by atoms with E-state index in [9.17, 15) is 20.0 Å². The van der Waals surface area contributed by atoms with Crippen LogP contribution in [0.2, 0.25) is 5.02 Å². The molecule has 2 rings (SSSR count). The third-order valence-electron chi connectivity index (χ3n) is 2.74. The number of hydrogen-bond donors (Lipinski definition) is 2. The first kappa shape index (κ1) is 13.8. The smallest absolute Gasteiger partial charge is 0.311 e. The van der Waals surface area contributed by atoms with E-state index >= 15 is 0 Å². The Hall–Kier alpha value is -2.60. The number of phenols is 1. The largest absolute Gasteiger partial charge is 0.502 e. The molecule has 2 aromatic carbocycles. The van der Waals surface area contributed by atoms with Crippen molar-refractivity contribution in [2.45, 2.75) is 0 Å². The number of benzene rings is 2. The van der Waals surface area contributed by atoms with Crippen molar-refractivity contribution in [3.8, 4) is 16.9 Å². The molecule has 0 saturated heterocycles. The molecule has 0 spiro atoms. The fourth-order valence-corrected chi connectivity index (χ4v) is 1.95. The summed E-state index contributed by atoms with van der Waals surface area (Å²) in [6.07, 6.45) is 0. The van der Waals surface area contributed by atoms with Gasteiger partial charge in [0.05, 0.1) is 15.5 Å². The van der Waals surface area contributed by atoms with E-state index in [1.165, 1.54) is 30.3 Å². The second kappa shape index (κ2) is 5.18. The molecule has 0 saturated carbocycles. The van der Waals surface area contributed by atoms with Gasteiger partial charge in [0, 0.05) is 6.07 Å². The fourth-order valence-electron chi connectivity index (χ4n) is 1.74. The van der Waals surface area contributed by atoms with Gasteiger partial charge in [-0.25, -0.2) is 0 Å². The lowest BCUT2D eigenvalue weighted by Crippen LogP contribution is -2.11. The van der Waals surface area contributed by atoms with Crippen molar-refractivity contribution in [3.63, 3.8) is 0 Å². The normalized spacial score (nSPS) is 10.2. The molecule has 0 atom stereocenters. The van der Waals surface area contributed by atoms with Crippen molar-refractivity contribution in [2.75, 3.05) is 0 Å². The van der Waals surface area contributed by atoms with Crippen molar-refractivity contribution in [3.05, 3.63) is 57.1 Å². The zero-order valence-corrected chi connectivity index (χ0v) is 10.8. The van der Waals surface area contributed by atoms with Crippen LogP contribution in [0, 0.1) is 10.1 Å². The molecule has 7 heteroatoms. The zero-order valence-electron chi connectivity index (χ0n) is 10.0. The van der Waals surface area contributed by atoms with E-state index < -0.39 is 22.3 Å². The van der Waals surface area contributed by atoms with Crippen molar-refractivity contribution < 1.29 is 14.8 Å². The van der Waals surface area contributed by atoms with Gasteiger partial charge >= 0.3 is 5.69 Å². The number of rotatable bonds is 3. The second-order valence-electron chi connectivity index (χ2n) is 4.02. The third kappa shape index (κ3) is 2.55. The van der Waals surface area contributed by atoms with Crippen molar-refractivity contribution >= 4 is 23.2 Å². The highest BCUT2D eigenvalue weighted by atomic mass is 35.5. The SMILES string of the molecule is NC(=O)c1cc(-c2ccc(O)c([N+](=O)[O-])c2)ccc1Cl. The summed E-state index contributed by atoms with van der Waals surface area (Å²) in [6, 6.07) is 8.45. The minimum atomic E-state index is -0.691. The monoisotopic (exact) mass is 292 g/mol. The molecular formula is C13H9ClN2O4. The first-order valence-electron chi connectivity index (χ1n) is 5.47. The topological polar surface area (TPSA) is 106 Å². The lowest BCUT2D eigenvalue weighted by Gasteiger charge is -2.06. The Kier molecular flexibility index (Phi) is 3.58. The molecule has 6 nitrogen and oxygen atoms in total. The average Bonchev–Trinajstić information content (AvgIpc) is 2.39. The average molecular weight is 293 g/mol. The molecule has 0 radical (unpaired) electrons. The summed E-state index contributed by atoms with van der Waals surface area (Å²) in [6.45, 7) is 0. The van der Waals surface area contributed by atoms with Gasteiger partial charge in [-0.05, 0) is 29.3 Å². The van der Waals surface area contributed by atoms with Gasteiger partial charge in [-0.3, -0.25) is 14.9 Å². The standard InChI is InChI=1S/C13H9ClN2O4/c14-10-3-1-7(5-9(10)13(15)18)8-2-4-12(17)11(6-8)16(19)20/h1-6,17H,(H2,15,18). The van der Waals surface area contributed by atoms with Crippen LogP contribution in [0.15, 0.2) is 36.4 Å². The number of amides is 1. The number of hydrogen-bond acceptors (Lipinski definition) is 4. The summed E-state index contributed by atoms with van der Waals surface area (Å²) in [5.74, 6) is -1.12. The van der Waals surface area contributed by atoms with E-state index in [1.54, 1.807) is 6.07 Å². The predicted molar refractivity (Wildman–Crippen MR) is 73.7 cm³/mol. The summed E-state index contributed by atoms with van der Waals surface area (Å²) < 4.78 is 0. The van der Waals surface area contributed by atoms with E-state index in [4.69, 9.17) is 17.3 Å². The van der Waals surface area contributed by atoms with Gasteiger partial charge in [-0.2, -0.15) is 0 Å². The summed E-state index contributed by atoms with van der Waals surface area (Å²) in [7, 11) is 0. The van der Waals surface area contributed by atoms with E-state index in [0.717, 1.165) is 0 Å². The Labute approximate surface area is 118 Å². The second-order valence-corrected chi connectivity index (χ2v) is 4.43. The molecule has 0 fully saturated rings. The molecule has 0 heterocycles. The lowest BCUT2D eigenvalue weighted by molar-refractivity contribution is -0.385. The van der Waals surface area contributed by atoms with Crippen LogP contribution < -0.4 is 5.73 Å². The Morgan fingerprint density at radius 2 is 1.80 bits per heavy atom. The molecule has 20 heavy (non-hydrogen) atoms. The number of carbonyl (C=O) groups excluding carboxylic acids is 1. The number of carbonyl (C=O) groups is 1. The van der Waals surface area contributed by atoms with Gasteiger partial charge in [-0.1, -0.05) is 23.7 Å². The highest BCUT2D eigenvalue weighted by Crippen LogP contribution is 2.32. The number of halogens is 1. The molecule has 3 N–H and O–H groups in total. The molecule has 2 aromatic rings. The molecule has 0 unspecified atom stereocenters. The molecule has 0 bridgehead atoms. The third-order valence-corrected chi connectivity index (χ3v) is 3.07. The zero-order chi connectivity index (χ0) is 14.9. The summed E-state index contributed by atoms with van der Waals surface area (Å²) in [4.78, 5) is 21.3. The van der Waals surface area contributed by atoms with Gasteiger partial charge in [-0.15, -0.1) is 0 Å². The Morgan fingerprint density at radius 3 is 2.40 bits per heavy atom. The summed E-state index contributed by atoms with van der Waals surface area (Å²) >= 11 is 5.84. The number of phenolic OH excluding ortho intramolecular Hbond substituents is 1. The quantitative estimate of drug-likeness (QED) is 0.670. The van der Waals surface area contributed by atoms with E-state index in [1.807, 2.05) is 0 Å². The van der Waals surface area contributed by atoms with E-state index in [2.05, 4.69) is 0 Å². The Morgan fingerprint density at radius 1 is 1.20 bits per heavy atom. The number of nitrogens with two attached hydrogens (primary N) is 1. The molecule has 0 aromatic heterocycles. The number of aromatic hydroxyl groups is 1. The van der Waals surface area contributed by atoms with Gasteiger partial charge in [0.15, 0.2) is 5.75 Å². The maximum absolute atomic E-state index is 11.2. The fraction of sp³-hybridized carbons (Fsp3) is 0. The van der Waals surface area contributed by atoms with Gasteiger partial charge in [0.25, 0.3) is 0 Å². The van der Waals surface area contributed by atoms with Crippen LogP contribution in [-0.2, 0) is 0 Å². The Bertz CT molecular complexity index is 654. The molecule has 0 aliphatic rings. The maximum Gasteiger partial charge on any atom is 0.311 e. The first-order valence-corrected chi connectivity index (χ1v) is 5.85. The highest BCUT2D eigenvalue weighted by molar-refractivity contribution is 6.33. The van der Waals surface area contributed by atoms with Gasteiger partial charge in [0.1, 0.15) is 0 Å². The molecule has 0 aliphatic heterocycles. The minimum Gasteiger partial charge on any atom is -0.502 e. The van der Waals surface area contributed by atoms with Crippen molar-refractivity contribution in [1.29, 1.82) is 0 Å². The van der Waals surface area contributed by atoms with E-state index in [0.29, 0.717) is 11.1 Å². The first-order chi connectivity index (χ1) is 9.40.